The summed E-state index contributed by atoms with van der Waals surface area (Å²) >= 11 is 0. The van der Waals surface area contributed by atoms with Gasteiger partial charge in [-0.05, 0) is 30.3 Å². The zero-order valence-electron chi connectivity index (χ0n) is 13.9. The van der Waals surface area contributed by atoms with Gasteiger partial charge < -0.3 is 15.1 Å². The summed E-state index contributed by atoms with van der Waals surface area (Å²) in [6, 6.07) is 7.87. The van der Waals surface area contributed by atoms with Crippen LogP contribution in [0.1, 0.15) is 17.3 Å². The van der Waals surface area contributed by atoms with Gasteiger partial charge in [0.05, 0.1) is 5.56 Å². The standard InChI is InChI=1S/C18H19FN4O2/c1-13(24)21-14-2-3-17(19)16(12-14)18(25)23-10-8-22(9-11-23)15-4-6-20-7-5-15/h2-7,12H,8-11H2,1H3,(H,21,24). The zero-order chi connectivity index (χ0) is 17.8. The van der Waals surface area contributed by atoms with E-state index in [0.717, 1.165) is 5.69 Å². The number of hydrogen-bond donors (Lipinski definition) is 1. The Kier molecular flexibility index (Phi) is 4.92. The predicted molar refractivity (Wildman–Crippen MR) is 93.1 cm³/mol. The Labute approximate surface area is 145 Å². The van der Waals surface area contributed by atoms with E-state index >= 15 is 0 Å². The third-order valence-corrected chi connectivity index (χ3v) is 4.11. The predicted octanol–water partition coefficient (Wildman–Crippen LogP) is 2.14. The van der Waals surface area contributed by atoms with Gasteiger partial charge in [-0.25, -0.2) is 4.39 Å². The number of rotatable bonds is 3. The number of aromatic nitrogens is 1. The molecular weight excluding hydrogens is 323 g/mol. The maximum atomic E-state index is 14.1. The lowest BCUT2D eigenvalue weighted by Crippen LogP contribution is -2.49. The van der Waals surface area contributed by atoms with Crippen LogP contribution in [0.2, 0.25) is 0 Å². The van der Waals surface area contributed by atoms with Gasteiger partial charge in [0.1, 0.15) is 5.82 Å². The highest BCUT2D eigenvalue weighted by Gasteiger charge is 2.24. The second-order valence-electron chi connectivity index (χ2n) is 5.86. The fraction of sp³-hybridized carbons (Fsp3) is 0.278. The zero-order valence-corrected chi connectivity index (χ0v) is 13.9. The van der Waals surface area contributed by atoms with Crippen LogP contribution in [0.4, 0.5) is 15.8 Å². The molecule has 2 aromatic rings. The highest BCUT2D eigenvalue weighted by molar-refractivity contribution is 5.97. The first-order valence-electron chi connectivity index (χ1n) is 8.06. The number of halogens is 1. The molecule has 6 nitrogen and oxygen atoms in total. The number of carbonyl (C=O) groups excluding carboxylic acids is 2. The van der Waals surface area contributed by atoms with Crippen molar-refractivity contribution in [3.8, 4) is 0 Å². The molecule has 7 heteroatoms. The van der Waals surface area contributed by atoms with E-state index in [0.29, 0.717) is 31.9 Å². The molecule has 0 saturated carbocycles. The molecule has 0 radical (unpaired) electrons. The van der Waals surface area contributed by atoms with Gasteiger partial charge in [0.15, 0.2) is 0 Å². The minimum absolute atomic E-state index is 0.0244. The van der Waals surface area contributed by atoms with Crippen molar-refractivity contribution in [3.05, 3.63) is 54.1 Å². The van der Waals surface area contributed by atoms with Crippen molar-refractivity contribution in [1.82, 2.24) is 9.88 Å². The normalized spacial score (nSPS) is 14.3. The Morgan fingerprint density at radius 1 is 1.08 bits per heavy atom. The molecule has 25 heavy (non-hydrogen) atoms. The summed E-state index contributed by atoms with van der Waals surface area (Å²) in [7, 11) is 0. The van der Waals surface area contributed by atoms with E-state index in [-0.39, 0.29) is 17.4 Å². The summed E-state index contributed by atoms with van der Waals surface area (Å²) < 4.78 is 14.1. The average Bonchev–Trinajstić information content (AvgIpc) is 2.63. The van der Waals surface area contributed by atoms with E-state index in [1.54, 1.807) is 17.3 Å². The number of piperazine rings is 1. The average molecular weight is 342 g/mol. The Hall–Kier alpha value is -2.96. The first-order chi connectivity index (χ1) is 12.0. The highest BCUT2D eigenvalue weighted by Crippen LogP contribution is 2.19. The summed E-state index contributed by atoms with van der Waals surface area (Å²) in [6.07, 6.45) is 3.46. The Morgan fingerprint density at radius 2 is 1.76 bits per heavy atom. The summed E-state index contributed by atoms with van der Waals surface area (Å²) in [5.74, 6) is -1.22. The summed E-state index contributed by atoms with van der Waals surface area (Å²) in [6.45, 7) is 3.71. The molecule has 1 aliphatic heterocycles. The molecule has 1 N–H and O–H groups in total. The van der Waals surface area contributed by atoms with Crippen LogP contribution in [0.15, 0.2) is 42.7 Å². The number of nitrogens with zero attached hydrogens (tertiary/aromatic N) is 3. The first-order valence-corrected chi connectivity index (χ1v) is 8.06. The molecule has 0 aliphatic carbocycles. The maximum Gasteiger partial charge on any atom is 0.257 e. The van der Waals surface area contributed by atoms with Gasteiger partial charge in [-0.15, -0.1) is 0 Å². The Morgan fingerprint density at radius 3 is 2.40 bits per heavy atom. The molecule has 0 unspecified atom stereocenters. The number of benzene rings is 1. The van der Waals surface area contributed by atoms with E-state index < -0.39 is 5.82 Å². The summed E-state index contributed by atoms with van der Waals surface area (Å²) in [4.78, 5) is 31.6. The van der Waals surface area contributed by atoms with Crippen LogP contribution in [-0.2, 0) is 4.79 Å². The molecule has 1 aromatic carbocycles. The van der Waals surface area contributed by atoms with E-state index in [1.807, 2.05) is 12.1 Å². The van der Waals surface area contributed by atoms with E-state index in [9.17, 15) is 14.0 Å². The topological polar surface area (TPSA) is 65.5 Å². The number of amides is 2. The number of pyridine rings is 1. The molecule has 0 atom stereocenters. The fourth-order valence-electron chi connectivity index (χ4n) is 2.86. The quantitative estimate of drug-likeness (QED) is 0.928. The molecule has 1 aliphatic rings. The molecule has 1 fully saturated rings. The van der Waals surface area contributed by atoms with Crippen LogP contribution in [0.25, 0.3) is 0 Å². The lowest BCUT2D eigenvalue weighted by molar-refractivity contribution is -0.114. The highest BCUT2D eigenvalue weighted by atomic mass is 19.1. The van der Waals surface area contributed by atoms with Gasteiger partial charge >= 0.3 is 0 Å². The summed E-state index contributed by atoms with van der Waals surface area (Å²) in [5.41, 5.74) is 1.44. The van der Waals surface area contributed by atoms with Crippen molar-refractivity contribution in [2.45, 2.75) is 6.92 Å². The van der Waals surface area contributed by atoms with Gasteiger partial charge in [-0.2, -0.15) is 0 Å². The summed E-state index contributed by atoms with van der Waals surface area (Å²) in [5, 5.41) is 2.57. The Bertz CT molecular complexity index is 774. The number of carbonyl (C=O) groups is 2. The molecule has 130 valence electrons. The van der Waals surface area contributed by atoms with Crippen molar-refractivity contribution < 1.29 is 14.0 Å². The molecule has 1 aromatic heterocycles. The van der Waals surface area contributed by atoms with Crippen LogP contribution in [0.5, 0.6) is 0 Å². The minimum atomic E-state index is -0.587. The molecule has 3 rings (SSSR count). The molecule has 1 saturated heterocycles. The van der Waals surface area contributed by atoms with E-state index in [2.05, 4.69) is 15.2 Å². The SMILES string of the molecule is CC(=O)Nc1ccc(F)c(C(=O)N2CCN(c3ccncc3)CC2)c1. The van der Waals surface area contributed by atoms with Crippen LogP contribution >= 0.6 is 0 Å². The molecule has 2 amide bonds. The fourth-order valence-corrected chi connectivity index (χ4v) is 2.86. The van der Waals surface area contributed by atoms with Gasteiger partial charge in [0.2, 0.25) is 5.91 Å². The molecule has 0 bridgehead atoms. The van der Waals surface area contributed by atoms with Crippen LogP contribution in [0.3, 0.4) is 0 Å². The van der Waals surface area contributed by atoms with E-state index in [4.69, 9.17) is 0 Å². The van der Waals surface area contributed by atoms with Crippen LogP contribution in [0, 0.1) is 5.82 Å². The van der Waals surface area contributed by atoms with Crippen LogP contribution in [-0.4, -0.2) is 47.9 Å². The van der Waals surface area contributed by atoms with Crippen molar-refractivity contribution in [1.29, 1.82) is 0 Å². The monoisotopic (exact) mass is 342 g/mol. The maximum absolute atomic E-state index is 14.1. The third-order valence-electron chi connectivity index (χ3n) is 4.11. The molecule has 2 heterocycles. The second kappa shape index (κ2) is 7.29. The number of hydrogen-bond acceptors (Lipinski definition) is 4. The minimum Gasteiger partial charge on any atom is -0.368 e. The van der Waals surface area contributed by atoms with Gasteiger partial charge in [0.25, 0.3) is 5.91 Å². The van der Waals surface area contributed by atoms with Crippen LogP contribution < -0.4 is 10.2 Å². The van der Waals surface area contributed by atoms with Crippen molar-refractivity contribution in [3.63, 3.8) is 0 Å². The smallest absolute Gasteiger partial charge is 0.257 e. The van der Waals surface area contributed by atoms with Gasteiger partial charge in [-0.3, -0.25) is 14.6 Å². The second-order valence-corrected chi connectivity index (χ2v) is 5.86. The van der Waals surface area contributed by atoms with E-state index in [1.165, 1.54) is 25.1 Å². The molecule has 0 spiro atoms. The first kappa shape index (κ1) is 16.9. The van der Waals surface area contributed by atoms with Gasteiger partial charge in [-0.1, -0.05) is 0 Å². The Balaban J connectivity index is 1.69. The molecular formula is C18H19FN4O2. The number of anilines is 2. The number of nitrogens with one attached hydrogen (secondary N) is 1. The largest absolute Gasteiger partial charge is 0.368 e. The van der Waals surface area contributed by atoms with Crippen molar-refractivity contribution in [2.75, 3.05) is 36.4 Å². The lowest BCUT2D eigenvalue weighted by Gasteiger charge is -2.36. The van der Waals surface area contributed by atoms with Crippen molar-refractivity contribution >= 4 is 23.2 Å². The van der Waals surface area contributed by atoms with Crippen molar-refractivity contribution in [2.24, 2.45) is 0 Å². The third kappa shape index (κ3) is 3.93. The lowest BCUT2D eigenvalue weighted by atomic mass is 10.1. The van der Waals surface area contributed by atoms with Gasteiger partial charge in [0, 0.05) is 56.9 Å².